The maximum absolute atomic E-state index is 10.7. The smallest absolute Gasteiger partial charge is 0.134 e. The Kier molecular flexibility index (Phi) is 1.31. The van der Waals surface area contributed by atoms with E-state index in [-0.39, 0.29) is 0 Å². The quantitative estimate of drug-likeness (QED) is 0.595. The molecule has 3 nitrogen and oxygen atoms in total. The van der Waals surface area contributed by atoms with Crippen molar-refractivity contribution in [1.29, 1.82) is 0 Å². The Balaban J connectivity index is 2.12. The minimum Gasteiger partial charge on any atom is -0.300 e. The van der Waals surface area contributed by atoms with E-state index in [1.54, 1.807) is 4.68 Å². The van der Waals surface area contributed by atoms with Gasteiger partial charge in [0.15, 0.2) is 0 Å². The highest BCUT2D eigenvalue weighted by Crippen LogP contribution is 2.31. The third-order valence-electron chi connectivity index (χ3n) is 2.10. The van der Waals surface area contributed by atoms with Gasteiger partial charge in [-0.25, -0.2) is 0 Å². The van der Waals surface area contributed by atoms with E-state index in [4.69, 9.17) is 0 Å². The number of aromatic nitrogens is 2. The normalized spacial score (nSPS) is 18.5. The number of aryl methyl sites for hydroxylation is 1. The standard InChI is InChI=1S/C8H10N2O/c1-10-3-2-8(9-10)6-4-7(11)5-6/h2-3,6H,4-5H2,1H3. The molecule has 1 heterocycles. The SMILES string of the molecule is Cn1ccc(C2CC(=O)C2)n1. The van der Waals surface area contributed by atoms with E-state index in [1.165, 1.54) is 0 Å². The average Bonchev–Trinajstić information content (AvgIpc) is 2.29. The van der Waals surface area contributed by atoms with Gasteiger partial charge in [-0.05, 0) is 6.07 Å². The van der Waals surface area contributed by atoms with Gasteiger partial charge in [0.1, 0.15) is 5.78 Å². The number of carbonyl (C=O) groups is 1. The molecule has 1 aliphatic rings. The first-order chi connectivity index (χ1) is 5.25. The monoisotopic (exact) mass is 150 g/mol. The van der Waals surface area contributed by atoms with Crippen molar-refractivity contribution in [2.75, 3.05) is 0 Å². The topological polar surface area (TPSA) is 34.9 Å². The highest BCUT2D eigenvalue weighted by molar-refractivity contribution is 5.86. The fourth-order valence-corrected chi connectivity index (χ4v) is 1.35. The first kappa shape index (κ1) is 6.58. The molecule has 0 N–H and O–H groups in total. The van der Waals surface area contributed by atoms with Crippen molar-refractivity contribution in [1.82, 2.24) is 9.78 Å². The number of hydrogen-bond acceptors (Lipinski definition) is 2. The summed E-state index contributed by atoms with van der Waals surface area (Å²) in [6, 6.07) is 1.98. The molecule has 1 aromatic rings. The summed E-state index contributed by atoms with van der Waals surface area (Å²) in [4.78, 5) is 10.7. The van der Waals surface area contributed by atoms with Crippen LogP contribution in [0.25, 0.3) is 0 Å². The van der Waals surface area contributed by atoms with Gasteiger partial charge in [-0.2, -0.15) is 5.10 Å². The van der Waals surface area contributed by atoms with Crippen LogP contribution in [0.2, 0.25) is 0 Å². The Morgan fingerprint density at radius 2 is 2.36 bits per heavy atom. The second-order valence-electron chi connectivity index (χ2n) is 3.06. The molecule has 0 atom stereocenters. The molecule has 0 saturated heterocycles. The van der Waals surface area contributed by atoms with Crippen LogP contribution in [0.1, 0.15) is 24.5 Å². The first-order valence-electron chi connectivity index (χ1n) is 3.77. The van der Waals surface area contributed by atoms with Crippen molar-refractivity contribution in [3.05, 3.63) is 18.0 Å². The molecule has 3 heteroatoms. The molecule has 0 bridgehead atoms. The van der Waals surface area contributed by atoms with Crippen molar-refractivity contribution in [2.24, 2.45) is 7.05 Å². The van der Waals surface area contributed by atoms with E-state index in [0.717, 1.165) is 5.69 Å². The van der Waals surface area contributed by atoms with Crippen molar-refractivity contribution >= 4 is 5.78 Å². The molecule has 0 aliphatic heterocycles. The van der Waals surface area contributed by atoms with E-state index >= 15 is 0 Å². The zero-order chi connectivity index (χ0) is 7.84. The third kappa shape index (κ3) is 1.06. The van der Waals surface area contributed by atoms with Crippen LogP contribution in [0.4, 0.5) is 0 Å². The number of ketones is 1. The molecule has 1 aliphatic carbocycles. The fraction of sp³-hybridized carbons (Fsp3) is 0.500. The van der Waals surface area contributed by atoms with Crippen LogP contribution in [0.3, 0.4) is 0 Å². The zero-order valence-electron chi connectivity index (χ0n) is 6.45. The van der Waals surface area contributed by atoms with Crippen molar-refractivity contribution in [2.45, 2.75) is 18.8 Å². The first-order valence-corrected chi connectivity index (χ1v) is 3.77. The van der Waals surface area contributed by atoms with Gasteiger partial charge < -0.3 is 0 Å². The zero-order valence-corrected chi connectivity index (χ0v) is 6.45. The minimum atomic E-state index is 0.362. The lowest BCUT2D eigenvalue weighted by atomic mass is 9.82. The molecule has 58 valence electrons. The molecule has 0 amide bonds. The largest absolute Gasteiger partial charge is 0.300 e. The van der Waals surface area contributed by atoms with Crippen molar-refractivity contribution in [3.8, 4) is 0 Å². The van der Waals surface area contributed by atoms with E-state index in [1.807, 2.05) is 19.3 Å². The summed E-state index contributed by atoms with van der Waals surface area (Å²) in [6.07, 6.45) is 3.30. The maximum atomic E-state index is 10.7. The van der Waals surface area contributed by atoms with Crippen LogP contribution < -0.4 is 0 Å². The Hall–Kier alpha value is -1.12. The average molecular weight is 150 g/mol. The van der Waals surface area contributed by atoms with Gasteiger partial charge in [-0.15, -0.1) is 0 Å². The summed E-state index contributed by atoms with van der Waals surface area (Å²) >= 11 is 0. The third-order valence-corrected chi connectivity index (χ3v) is 2.10. The van der Waals surface area contributed by atoms with Crippen LogP contribution in [0, 0.1) is 0 Å². The lowest BCUT2D eigenvalue weighted by Gasteiger charge is -2.21. The predicted octanol–water partition coefficient (Wildman–Crippen LogP) is 0.867. The van der Waals surface area contributed by atoms with Crippen molar-refractivity contribution in [3.63, 3.8) is 0 Å². The Labute approximate surface area is 65.0 Å². The number of rotatable bonds is 1. The summed E-state index contributed by atoms with van der Waals surface area (Å²) in [5, 5.41) is 4.23. The van der Waals surface area contributed by atoms with Gasteiger partial charge in [0, 0.05) is 32.0 Å². The van der Waals surface area contributed by atoms with Crippen LogP contribution >= 0.6 is 0 Å². The second kappa shape index (κ2) is 2.19. The number of hydrogen-bond donors (Lipinski definition) is 0. The molecule has 1 aromatic heterocycles. The maximum Gasteiger partial charge on any atom is 0.134 e. The summed E-state index contributed by atoms with van der Waals surface area (Å²) in [6.45, 7) is 0. The summed E-state index contributed by atoms with van der Waals surface area (Å²) in [7, 11) is 1.89. The molecule has 1 fully saturated rings. The summed E-state index contributed by atoms with van der Waals surface area (Å²) < 4.78 is 1.78. The van der Waals surface area contributed by atoms with E-state index in [9.17, 15) is 4.79 Å². The number of carbonyl (C=O) groups excluding carboxylic acids is 1. The molecule has 1 saturated carbocycles. The molecule has 0 radical (unpaired) electrons. The van der Waals surface area contributed by atoms with Gasteiger partial charge in [-0.3, -0.25) is 9.48 Å². The van der Waals surface area contributed by atoms with E-state index in [2.05, 4.69) is 5.10 Å². The van der Waals surface area contributed by atoms with Crippen LogP contribution in [0.5, 0.6) is 0 Å². The molecule has 11 heavy (non-hydrogen) atoms. The van der Waals surface area contributed by atoms with Gasteiger partial charge >= 0.3 is 0 Å². The van der Waals surface area contributed by atoms with Gasteiger partial charge in [0.2, 0.25) is 0 Å². The van der Waals surface area contributed by atoms with Crippen molar-refractivity contribution < 1.29 is 4.79 Å². The molecule has 0 aromatic carbocycles. The molecular formula is C8H10N2O. The van der Waals surface area contributed by atoms with Gasteiger partial charge in [0.05, 0.1) is 5.69 Å². The number of Topliss-reactive ketones (excluding diaryl/α,β-unsaturated/α-hetero) is 1. The summed E-state index contributed by atoms with van der Waals surface area (Å²) in [5.74, 6) is 0.768. The molecule has 0 spiro atoms. The minimum absolute atomic E-state index is 0.362. The fourth-order valence-electron chi connectivity index (χ4n) is 1.35. The van der Waals surface area contributed by atoms with Crippen LogP contribution in [0.15, 0.2) is 12.3 Å². The highest BCUT2D eigenvalue weighted by Gasteiger charge is 2.29. The Morgan fingerprint density at radius 1 is 1.64 bits per heavy atom. The van der Waals surface area contributed by atoms with Gasteiger partial charge in [0.25, 0.3) is 0 Å². The predicted molar refractivity (Wildman–Crippen MR) is 40.2 cm³/mol. The number of nitrogens with zero attached hydrogens (tertiary/aromatic N) is 2. The van der Waals surface area contributed by atoms with E-state index in [0.29, 0.717) is 24.5 Å². The second-order valence-corrected chi connectivity index (χ2v) is 3.06. The lowest BCUT2D eigenvalue weighted by Crippen LogP contribution is -2.21. The summed E-state index contributed by atoms with van der Waals surface area (Å²) in [5.41, 5.74) is 1.06. The Bertz CT molecular complexity index is 282. The highest BCUT2D eigenvalue weighted by atomic mass is 16.1. The molecular weight excluding hydrogens is 140 g/mol. The van der Waals surface area contributed by atoms with Crippen LogP contribution in [-0.4, -0.2) is 15.6 Å². The van der Waals surface area contributed by atoms with Crippen LogP contribution in [-0.2, 0) is 11.8 Å². The van der Waals surface area contributed by atoms with Gasteiger partial charge in [-0.1, -0.05) is 0 Å². The molecule has 2 rings (SSSR count). The molecule has 0 unspecified atom stereocenters. The lowest BCUT2D eigenvalue weighted by molar-refractivity contribution is -0.124. The van der Waals surface area contributed by atoms with E-state index < -0.39 is 0 Å². The Morgan fingerprint density at radius 3 is 2.82 bits per heavy atom.